The average molecular weight is 494 g/mol. The van der Waals surface area contributed by atoms with E-state index in [-0.39, 0.29) is 23.8 Å². The van der Waals surface area contributed by atoms with E-state index in [1.54, 1.807) is 22.2 Å². The summed E-state index contributed by atoms with van der Waals surface area (Å²) in [5.41, 5.74) is 2.23. The number of nitrogens with zero attached hydrogens (tertiary/aromatic N) is 4. The molecule has 2 aliphatic rings. The minimum absolute atomic E-state index is 0.00786. The minimum Gasteiger partial charge on any atom is -0.351 e. The van der Waals surface area contributed by atoms with Gasteiger partial charge in [-0.05, 0) is 36.8 Å². The predicted molar refractivity (Wildman–Crippen MR) is 136 cm³/mol. The summed E-state index contributed by atoms with van der Waals surface area (Å²) in [5, 5.41) is 3.72. The Labute approximate surface area is 208 Å². The maximum Gasteiger partial charge on any atom is 0.262 e. The van der Waals surface area contributed by atoms with E-state index in [0.717, 1.165) is 35.0 Å². The topological polar surface area (TPSA) is 87.5 Å². The van der Waals surface area contributed by atoms with Crippen LogP contribution in [0.5, 0.6) is 0 Å². The van der Waals surface area contributed by atoms with Gasteiger partial charge in [-0.3, -0.25) is 23.9 Å². The van der Waals surface area contributed by atoms with E-state index < -0.39 is 0 Å². The molecule has 1 aliphatic heterocycles. The first-order valence-corrected chi connectivity index (χ1v) is 13.2. The second-order valence-corrected chi connectivity index (χ2v) is 10.4. The fraction of sp³-hybridized carbons (Fsp3) is 0.462. The van der Waals surface area contributed by atoms with Crippen molar-refractivity contribution in [2.75, 3.05) is 32.7 Å². The third-order valence-electron chi connectivity index (χ3n) is 6.93. The van der Waals surface area contributed by atoms with Crippen LogP contribution in [0.15, 0.2) is 41.5 Å². The normalized spacial score (nSPS) is 16.3. The van der Waals surface area contributed by atoms with Gasteiger partial charge in [-0.2, -0.15) is 0 Å². The Kier molecular flexibility index (Phi) is 7.24. The summed E-state index contributed by atoms with van der Waals surface area (Å²) >= 11 is 1.64. The Bertz CT molecular complexity index is 1260. The fourth-order valence-corrected chi connectivity index (χ4v) is 6.15. The highest BCUT2D eigenvalue weighted by Crippen LogP contribution is 2.33. The number of thiophene rings is 1. The number of carbonyl (C=O) groups excluding carboxylic acids is 2. The van der Waals surface area contributed by atoms with Crippen molar-refractivity contribution in [3.8, 4) is 0 Å². The largest absolute Gasteiger partial charge is 0.351 e. The summed E-state index contributed by atoms with van der Waals surface area (Å²) in [7, 11) is 0. The molecular formula is C26H31N5O3S. The van der Waals surface area contributed by atoms with Gasteiger partial charge in [-0.25, -0.2) is 4.98 Å². The number of carbonyl (C=O) groups is 2. The van der Waals surface area contributed by atoms with Gasteiger partial charge in [-0.15, -0.1) is 11.3 Å². The second-order valence-electron chi connectivity index (χ2n) is 9.30. The third kappa shape index (κ3) is 5.46. The molecule has 184 valence electrons. The first-order chi connectivity index (χ1) is 17.1. The van der Waals surface area contributed by atoms with E-state index in [2.05, 4.69) is 15.2 Å². The highest BCUT2D eigenvalue weighted by atomic mass is 32.1. The zero-order chi connectivity index (χ0) is 24.2. The van der Waals surface area contributed by atoms with Crippen molar-refractivity contribution in [3.63, 3.8) is 0 Å². The van der Waals surface area contributed by atoms with Crippen LogP contribution >= 0.6 is 11.3 Å². The van der Waals surface area contributed by atoms with Crippen molar-refractivity contribution in [3.05, 3.63) is 63.0 Å². The number of piperazine rings is 1. The van der Waals surface area contributed by atoms with E-state index in [0.29, 0.717) is 45.8 Å². The lowest BCUT2D eigenvalue weighted by atomic mass is 9.97. The molecule has 9 heteroatoms. The Morgan fingerprint density at radius 1 is 1.03 bits per heavy atom. The van der Waals surface area contributed by atoms with E-state index in [4.69, 9.17) is 0 Å². The Morgan fingerprint density at radius 2 is 1.80 bits per heavy atom. The second kappa shape index (κ2) is 10.7. The maximum atomic E-state index is 13.1. The molecule has 1 saturated heterocycles. The van der Waals surface area contributed by atoms with Crippen LogP contribution in [0.1, 0.15) is 35.3 Å². The lowest BCUT2D eigenvalue weighted by Gasteiger charge is -2.34. The minimum atomic E-state index is -0.0199. The van der Waals surface area contributed by atoms with Crippen LogP contribution in [0, 0.1) is 0 Å². The van der Waals surface area contributed by atoms with Crippen molar-refractivity contribution >= 4 is 33.4 Å². The smallest absolute Gasteiger partial charge is 0.262 e. The lowest BCUT2D eigenvalue weighted by Crippen LogP contribution is -2.51. The third-order valence-corrected chi connectivity index (χ3v) is 8.13. The van der Waals surface area contributed by atoms with E-state index in [1.165, 1.54) is 16.9 Å². The molecule has 0 saturated carbocycles. The van der Waals surface area contributed by atoms with Gasteiger partial charge in [0.25, 0.3) is 5.56 Å². The summed E-state index contributed by atoms with van der Waals surface area (Å²) in [6, 6.07) is 9.84. The highest BCUT2D eigenvalue weighted by Gasteiger charge is 2.23. The van der Waals surface area contributed by atoms with Crippen LogP contribution < -0.4 is 10.9 Å². The molecule has 1 fully saturated rings. The molecule has 0 radical (unpaired) electrons. The van der Waals surface area contributed by atoms with Gasteiger partial charge in [0.15, 0.2) is 0 Å². The van der Waals surface area contributed by atoms with Crippen LogP contribution in [0.2, 0.25) is 0 Å². The summed E-state index contributed by atoms with van der Waals surface area (Å²) in [6.45, 7) is 3.71. The van der Waals surface area contributed by atoms with Gasteiger partial charge in [-0.1, -0.05) is 30.3 Å². The molecule has 2 aromatic heterocycles. The number of hydrogen-bond donors (Lipinski definition) is 1. The first-order valence-electron chi connectivity index (χ1n) is 12.4. The molecule has 2 amide bonds. The lowest BCUT2D eigenvalue weighted by molar-refractivity contribution is -0.133. The van der Waals surface area contributed by atoms with Crippen LogP contribution in [-0.4, -0.2) is 63.9 Å². The van der Waals surface area contributed by atoms with E-state index in [1.807, 2.05) is 35.2 Å². The van der Waals surface area contributed by atoms with Crippen LogP contribution in [0.25, 0.3) is 10.2 Å². The number of benzene rings is 1. The van der Waals surface area contributed by atoms with Gasteiger partial charge in [0.2, 0.25) is 11.8 Å². The number of fused-ring (bicyclic) bond motifs is 3. The summed E-state index contributed by atoms with van der Waals surface area (Å²) in [5.74, 6) is 0.0315. The first kappa shape index (κ1) is 23.7. The molecule has 3 heterocycles. The van der Waals surface area contributed by atoms with E-state index >= 15 is 0 Å². The number of hydrogen-bond acceptors (Lipinski definition) is 6. The molecule has 0 bridgehead atoms. The highest BCUT2D eigenvalue weighted by molar-refractivity contribution is 7.18. The molecule has 8 nitrogen and oxygen atoms in total. The standard InChI is InChI=1S/C26H31N5O3S/c32-22(27-16-19-6-2-1-3-7-19)17-29-12-14-30(15-13-29)23(33)10-11-31-18-28-25-24(26(31)34)20-8-4-5-9-21(20)35-25/h1-3,6-7,18H,4-5,8-17H2,(H,27,32). The predicted octanol–water partition coefficient (Wildman–Crippen LogP) is 2.19. The maximum absolute atomic E-state index is 13.1. The van der Waals surface area contributed by atoms with Crippen LogP contribution in [0.3, 0.4) is 0 Å². The van der Waals surface area contributed by atoms with Crippen molar-refractivity contribution in [2.45, 2.75) is 45.2 Å². The SMILES string of the molecule is O=C(CN1CCN(C(=O)CCn2cnc3sc4c(c3c2=O)CCCC4)CC1)NCc1ccccc1. The molecule has 1 aliphatic carbocycles. The van der Waals surface area contributed by atoms with Crippen molar-refractivity contribution in [1.29, 1.82) is 0 Å². The molecule has 1 N–H and O–H groups in total. The van der Waals surface area contributed by atoms with Gasteiger partial charge >= 0.3 is 0 Å². The summed E-state index contributed by atoms with van der Waals surface area (Å²) in [6.07, 6.45) is 6.14. The Morgan fingerprint density at radius 3 is 2.60 bits per heavy atom. The van der Waals surface area contributed by atoms with Gasteiger partial charge in [0.1, 0.15) is 4.83 Å². The van der Waals surface area contributed by atoms with Gasteiger partial charge in [0.05, 0.1) is 18.3 Å². The zero-order valence-corrected chi connectivity index (χ0v) is 20.7. The molecule has 0 spiro atoms. The average Bonchev–Trinajstić information content (AvgIpc) is 3.27. The molecule has 35 heavy (non-hydrogen) atoms. The number of rotatable bonds is 7. The van der Waals surface area contributed by atoms with Crippen molar-refractivity contribution < 1.29 is 9.59 Å². The summed E-state index contributed by atoms with van der Waals surface area (Å²) in [4.78, 5) is 48.8. The van der Waals surface area contributed by atoms with Crippen LogP contribution in [-0.2, 0) is 35.5 Å². The summed E-state index contributed by atoms with van der Waals surface area (Å²) < 4.78 is 1.59. The quantitative estimate of drug-likeness (QED) is 0.545. The molecule has 3 aromatic rings. The monoisotopic (exact) mass is 493 g/mol. The van der Waals surface area contributed by atoms with Gasteiger partial charge in [0, 0.05) is 50.6 Å². The van der Waals surface area contributed by atoms with Crippen molar-refractivity contribution in [2.24, 2.45) is 0 Å². The zero-order valence-electron chi connectivity index (χ0n) is 19.9. The Balaban J connectivity index is 1.10. The molecule has 5 rings (SSSR count). The fourth-order valence-electron chi connectivity index (χ4n) is 4.93. The van der Waals surface area contributed by atoms with Crippen molar-refractivity contribution in [1.82, 2.24) is 24.7 Å². The molecule has 1 aromatic carbocycles. The molecule has 0 atom stereocenters. The van der Waals surface area contributed by atoms with E-state index in [9.17, 15) is 14.4 Å². The number of amides is 2. The number of aromatic nitrogens is 2. The Hall–Kier alpha value is -3.04. The molecule has 0 unspecified atom stereocenters. The van der Waals surface area contributed by atoms with Gasteiger partial charge < -0.3 is 10.2 Å². The number of aryl methyl sites for hydroxylation is 3. The van der Waals surface area contributed by atoms with Crippen LogP contribution in [0.4, 0.5) is 0 Å². The molecular weight excluding hydrogens is 462 g/mol. The number of nitrogens with one attached hydrogen (secondary N) is 1.